The van der Waals surface area contributed by atoms with E-state index in [1.165, 1.54) is 11.3 Å². The lowest BCUT2D eigenvalue weighted by atomic mass is 10.1. The molecular formula is C12H10N2. The summed E-state index contributed by atoms with van der Waals surface area (Å²) in [5.41, 5.74) is 3.62. The van der Waals surface area contributed by atoms with Crippen LogP contribution in [-0.4, -0.2) is 4.57 Å². The molecule has 2 heteroatoms. The number of aromatic nitrogens is 1. The van der Waals surface area contributed by atoms with Crippen LogP contribution in [0.3, 0.4) is 0 Å². The van der Waals surface area contributed by atoms with E-state index in [0.717, 1.165) is 5.69 Å². The highest BCUT2D eigenvalue weighted by atomic mass is 15.0. The minimum Gasteiger partial charge on any atom is -0.360 e. The summed E-state index contributed by atoms with van der Waals surface area (Å²) in [4.78, 5) is 0. The number of fused-ring (bicyclic) bond motifs is 3. The van der Waals surface area contributed by atoms with Gasteiger partial charge in [0, 0.05) is 29.8 Å². The third-order valence-corrected chi connectivity index (χ3v) is 2.46. The zero-order valence-corrected chi connectivity index (χ0v) is 7.64. The number of nitrogens with one attached hydrogen (secondary N) is 1. The molecule has 0 saturated heterocycles. The maximum Gasteiger partial charge on any atom is 0.0543 e. The number of para-hydroxylation sites is 1. The maximum atomic E-state index is 3.26. The van der Waals surface area contributed by atoms with Crippen LogP contribution >= 0.6 is 0 Å². The van der Waals surface area contributed by atoms with Crippen molar-refractivity contribution in [2.45, 2.75) is 0 Å². The molecule has 0 amide bonds. The Labute approximate surface area is 82.5 Å². The number of rotatable bonds is 0. The van der Waals surface area contributed by atoms with Gasteiger partial charge in [-0.15, -0.1) is 0 Å². The lowest BCUT2D eigenvalue weighted by molar-refractivity contribution is 1.18. The van der Waals surface area contributed by atoms with E-state index in [0.29, 0.717) is 0 Å². The molecule has 0 aliphatic carbocycles. The maximum absolute atomic E-state index is 3.26. The minimum absolute atomic E-state index is 1.15. The van der Waals surface area contributed by atoms with Gasteiger partial charge in [-0.1, -0.05) is 18.2 Å². The molecule has 1 aliphatic heterocycles. The number of hydrogen-bond acceptors (Lipinski definition) is 1. The van der Waals surface area contributed by atoms with Gasteiger partial charge in [-0.05, 0) is 18.2 Å². The van der Waals surface area contributed by atoms with Crippen LogP contribution < -0.4 is 5.32 Å². The van der Waals surface area contributed by atoms with Gasteiger partial charge in [0.15, 0.2) is 0 Å². The van der Waals surface area contributed by atoms with Crippen molar-refractivity contribution >= 4 is 11.9 Å². The molecule has 0 atom stereocenters. The van der Waals surface area contributed by atoms with E-state index in [-0.39, 0.29) is 0 Å². The molecule has 1 aliphatic rings. The fourth-order valence-electron chi connectivity index (χ4n) is 1.79. The van der Waals surface area contributed by atoms with Crippen molar-refractivity contribution in [3.63, 3.8) is 0 Å². The van der Waals surface area contributed by atoms with Gasteiger partial charge in [0.25, 0.3) is 0 Å². The first-order valence-electron chi connectivity index (χ1n) is 4.64. The second-order valence-corrected chi connectivity index (χ2v) is 3.31. The molecule has 3 rings (SSSR count). The van der Waals surface area contributed by atoms with E-state index >= 15 is 0 Å². The number of hydrogen-bond donors (Lipinski definition) is 1. The fourth-order valence-corrected chi connectivity index (χ4v) is 1.79. The van der Waals surface area contributed by atoms with Crippen LogP contribution in [0.4, 0.5) is 5.69 Å². The molecule has 2 aromatic rings. The molecule has 0 fully saturated rings. The van der Waals surface area contributed by atoms with Crippen molar-refractivity contribution in [2.75, 3.05) is 5.32 Å². The first-order valence-corrected chi connectivity index (χ1v) is 4.64. The van der Waals surface area contributed by atoms with Crippen molar-refractivity contribution in [1.29, 1.82) is 0 Å². The Morgan fingerprint density at radius 3 is 2.93 bits per heavy atom. The topological polar surface area (TPSA) is 17.0 Å². The lowest BCUT2D eigenvalue weighted by Crippen LogP contribution is -1.88. The largest absolute Gasteiger partial charge is 0.360 e. The third kappa shape index (κ3) is 0.973. The van der Waals surface area contributed by atoms with Gasteiger partial charge >= 0.3 is 0 Å². The SMILES string of the molecule is C1=Cn2cccc2-c2ccccc2N1. The quantitative estimate of drug-likeness (QED) is 0.662. The molecule has 0 radical (unpaired) electrons. The molecule has 1 aromatic carbocycles. The number of nitrogens with zero attached hydrogens (tertiary/aromatic N) is 1. The predicted octanol–water partition coefficient (Wildman–Crippen LogP) is 3.01. The average molecular weight is 182 g/mol. The minimum atomic E-state index is 1.15. The Bertz CT molecular complexity index is 495. The zero-order chi connectivity index (χ0) is 9.38. The number of benzene rings is 1. The summed E-state index contributed by atoms with van der Waals surface area (Å²) >= 11 is 0. The average Bonchev–Trinajstić information content (AvgIpc) is 2.61. The summed E-state index contributed by atoms with van der Waals surface area (Å²) < 4.78 is 2.11. The van der Waals surface area contributed by atoms with Crippen LogP contribution in [0, 0.1) is 0 Å². The van der Waals surface area contributed by atoms with Gasteiger partial charge in [-0.3, -0.25) is 0 Å². The van der Waals surface area contributed by atoms with Crippen molar-refractivity contribution in [2.24, 2.45) is 0 Å². The highest BCUT2D eigenvalue weighted by Gasteiger charge is 2.08. The Morgan fingerprint density at radius 2 is 1.93 bits per heavy atom. The van der Waals surface area contributed by atoms with Crippen molar-refractivity contribution in [3.05, 3.63) is 48.8 Å². The normalized spacial score (nSPS) is 12.6. The first kappa shape index (κ1) is 7.44. The summed E-state index contributed by atoms with van der Waals surface area (Å²) in [5, 5.41) is 3.26. The van der Waals surface area contributed by atoms with E-state index in [1.807, 2.05) is 18.5 Å². The van der Waals surface area contributed by atoms with E-state index in [9.17, 15) is 0 Å². The highest BCUT2D eigenvalue weighted by Crippen LogP contribution is 2.30. The molecule has 1 N–H and O–H groups in total. The summed E-state index contributed by atoms with van der Waals surface area (Å²) in [6.07, 6.45) is 6.03. The van der Waals surface area contributed by atoms with Crippen molar-refractivity contribution in [1.82, 2.24) is 4.57 Å². The molecule has 68 valence electrons. The van der Waals surface area contributed by atoms with Gasteiger partial charge in [0.1, 0.15) is 0 Å². The summed E-state index contributed by atoms with van der Waals surface area (Å²) in [6, 6.07) is 12.5. The predicted molar refractivity (Wildman–Crippen MR) is 58.8 cm³/mol. The molecule has 0 unspecified atom stereocenters. The van der Waals surface area contributed by atoms with Crippen molar-refractivity contribution in [3.8, 4) is 11.3 Å². The fraction of sp³-hybridized carbons (Fsp3) is 0. The lowest BCUT2D eigenvalue weighted by Gasteiger charge is -2.06. The molecule has 2 heterocycles. The Morgan fingerprint density at radius 1 is 1.00 bits per heavy atom. The Hall–Kier alpha value is -1.96. The highest BCUT2D eigenvalue weighted by molar-refractivity contribution is 5.79. The third-order valence-electron chi connectivity index (χ3n) is 2.46. The van der Waals surface area contributed by atoms with E-state index < -0.39 is 0 Å². The van der Waals surface area contributed by atoms with Crippen LogP contribution in [0.15, 0.2) is 48.8 Å². The van der Waals surface area contributed by atoms with Crippen LogP contribution in [0.2, 0.25) is 0 Å². The molecular weight excluding hydrogens is 172 g/mol. The van der Waals surface area contributed by atoms with Crippen molar-refractivity contribution < 1.29 is 0 Å². The van der Waals surface area contributed by atoms with E-state index in [1.54, 1.807) is 0 Å². The second kappa shape index (κ2) is 2.77. The second-order valence-electron chi connectivity index (χ2n) is 3.31. The molecule has 14 heavy (non-hydrogen) atoms. The van der Waals surface area contributed by atoms with Gasteiger partial charge in [-0.2, -0.15) is 0 Å². The van der Waals surface area contributed by atoms with Crippen LogP contribution in [0.1, 0.15) is 0 Å². The zero-order valence-electron chi connectivity index (χ0n) is 7.64. The standard InChI is InChI=1S/C12H10N2/c1-2-5-11-10(4-1)12-6-3-8-14(12)9-7-13-11/h1-9,13H. The Kier molecular flexibility index (Phi) is 1.47. The number of anilines is 1. The van der Waals surface area contributed by atoms with Crippen LogP contribution in [0.5, 0.6) is 0 Å². The van der Waals surface area contributed by atoms with Gasteiger partial charge in [0.05, 0.1) is 5.69 Å². The molecule has 2 nitrogen and oxygen atoms in total. The first-order chi connectivity index (χ1) is 6.95. The van der Waals surface area contributed by atoms with E-state index in [4.69, 9.17) is 0 Å². The summed E-state index contributed by atoms with van der Waals surface area (Å²) in [7, 11) is 0. The molecule has 0 saturated carbocycles. The molecule has 0 spiro atoms. The molecule has 1 aromatic heterocycles. The van der Waals surface area contributed by atoms with Gasteiger partial charge in [0.2, 0.25) is 0 Å². The van der Waals surface area contributed by atoms with Gasteiger partial charge < -0.3 is 9.88 Å². The van der Waals surface area contributed by atoms with Crippen LogP contribution in [0.25, 0.3) is 17.5 Å². The monoisotopic (exact) mass is 182 g/mol. The summed E-state index contributed by atoms with van der Waals surface area (Å²) in [6.45, 7) is 0. The molecule has 0 bridgehead atoms. The van der Waals surface area contributed by atoms with Gasteiger partial charge in [-0.25, -0.2) is 0 Å². The van der Waals surface area contributed by atoms with Crippen LogP contribution in [-0.2, 0) is 0 Å². The van der Waals surface area contributed by atoms with E-state index in [2.05, 4.69) is 46.4 Å². The Balaban J connectivity index is 2.33. The summed E-state index contributed by atoms with van der Waals surface area (Å²) in [5.74, 6) is 0. The smallest absolute Gasteiger partial charge is 0.0543 e.